The van der Waals surface area contributed by atoms with Crippen LogP contribution in [-0.2, 0) is 6.54 Å². The summed E-state index contributed by atoms with van der Waals surface area (Å²) in [5, 5.41) is 3.07. The maximum absolute atomic E-state index is 13.3. The molecule has 0 fully saturated rings. The van der Waals surface area contributed by atoms with Crippen LogP contribution in [0.25, 0.3) is 5.70 Å². The summed E-state index contributed by atoms with van der Waals surface area (Å²) < 4.78 is 56.6. The number of nitrogens with zero attached hydrogens (tertiary/aromatic N) is 1. The average molecular weight is 423 g/mol. The third-order valence-corrected chi connectivity index (χ3v) is 4.22. The largest absolute Gasteiger partial charge is 0.463 e. The third-order valence-electron chi connectivity index (χ3n) is 4.22. The van der Waals surface area contributed by atoms with Gasteiger partial charge in [-0.05, 0) is 54.9 Å². The highest BCUT2D eigenvalue weighted by molar-refractivity contribution is 6.01. The van der Waals surface area contributed by atoms with E-state index in [2.05, 4.69) is 15.0 Å². The number of benzene rings is 2. The van der Waals surface area contributed by atoms with E-state index in [1.165, 1.54) is 24.3 Å². The summed E-state index contributed by atoms with van der Waals surface area (Å²) in [5.74, 6) is -4.68. The Morgan fingerprint density at radius 1 is 1.07 bits per heavy atom. The molecule has 2 aromatic carbocycles. The standard InChI is InChI=1S/C22H25F4N3O/c1-4-17(13-20(27)16-7-5-15(6-8-16)14-28-3)29-18-9-11-19(12-10-18)30-22(25,26)21(2,23)24/h5-13,28H,4,14,27H2,1-3H3/b20-13-,29-17?. The first-order valence-electron chi connectivity index (χ1n) is 9.39. The molecule has 0 radical (unpaired) electrons. The fourth-order valence-electron chi connectivity index (χ4n) is 2.49. The summed E-state index contributed by atoms with van der Waals surface area (Å²) in [7, 11) is 1.87. The van der Waals surface area contributed by atoms with Crippen molar-refractivity contribution in [2.75, 3.05) is 7.05 Å². The fraction of sp³-hybridized carbons (Fsp3) is 0.318. The Kier molecular flexibility index (Phi) is 7.61. The first-order valence-corrected chi connectivity index (χ1v) is 9.39. The maximum atomic E-state index is 13.3. The normalized spacial score (nSPS) is 13.4. The van der Waals surface area contributed by atoms with Gasteiger partial charge >= 0.3 is 12.0 Å². The monoisotopic (exact) mass is 423 g/mol. The Bertz CT molecular complexity index is 886. The van der Waals surface area contributed by atoms with Crippen LogP contribution in [0.1, 0.15) is 31.4 Å². The van der Waals surface area contributed by atoms with Crippen molar-refractivity contribution < 1.29 is 22.3 Å². The van der Waals surface area contributed by atoms with Crippen molar-refractivity contribution >= 4 is 17.1 Å². The van der Waals surface area contributed by atoms with Crippen LogP contribution in [0.5, 0.6) is 5.75 Å². The fourth-order valence-corrected chi connectivity index (χ4v) is 2.49. The number of nitrogens with one attached hydrogen (secondary N) is 1. The van der Waals surface area contributed by atoms with Gasteiger partial charge in [0.05, 0.1) is 5.69 Å². The lowest BCUT2D eigenvalue weighted by atomic mass is 10.1. The van der Waals surface area contributed by atoms with E-state index in [9.17, 15) is 17.6 Å². The van der Waals surface area contributed by atoms with Crippen LogP contribution >= 0.6 is 0 Å². The van der Waals surface area contributed by atoms with E-state index < -0.39 is 12.0 Å². The minimum Gasteiger partial charge on any atom is -0.428 e. The van der Waals surface area contributed by atoms with Gasteiger partial charge in [0.2, 0.25) is 0 Å². The van der Waals surface area contributed by atoms with Crippen molar-refractivity contribution in [3.05, 3.63) is 65.7 Å². The molecule has 0 saturated heterocycles. The molecular formula is C22H25F4N3O. The Balaban J connectivity index is 2.16. The van der Waals surface area contributed by atoms with Gasteiger partial charge in [0, 0.05) is 24.9 Å². The van der Waals surface area contributed by atoms with Crippen molar-refractivity contribution in [2.45, 2.75) is 38.8 Å². The summed E-state index contributed by atoms with van der Waals surface area (Å²) >= 11 is 0. The predicted octanol–water partition coefficient (Wildman–Crippen LogP) is 5.52. The summed E-state index contributed by atoms with van der Waals surface area (Å²) in [4.78, 5) is 4.43. The van der Waals surface area contributed by atoms with E-state index in [0.717, 1.165) is 17.7 Å². The summed E-state index contributed by atoms with van der Waals surface area (Å²) in [5.41, 5.74) is 9.82. The van der Waals surface area contributed by atoms with Gasteiger partial charge in [-0.3, -0.25) is 4.99 Å². The molecule has 0 heterocycles. The van der Waals surface area contributed by atoms with Crippen LogP contribution < -0.4 is 15.8 Å². The Morgan fingerprint density at radius 3 is 2.17 bits per heavy atom. The summed E-state index contributed by atoms with van der Waals surface area (Å²) in [6, 6.07) is 12.9. The SMILES string of the molecule is CCC(/C=C(\N)c1ccc(CNC)cc1)=Nc1ccc(OC(F)(F)C(C)(F)F)cc1. The summed E-state index contributed by atoms with van der Waals surface area (Å²) in [6.45, 7) is 2.76. The van der Waals surface area contributed by atoms with E-state index >= 15 is 0 Å². The molecule has 0 aliphatic heterocycles. The van der Waals surface area contributed by atoms with Crippen molar-refractivity contribution in [2.24, 2.45) is 10.7 Å². The lowest BCUT2D eigenvalue weighted by Gasteiger charge is -2.23. The molecule has 0 aliphatic rings. The number of hydrogen-bond donors (Lipinski definition) is 2. The molecule has 0 unspecified atom stereocenters. The molecule has 2 rings (SSSR count). The molecule has 162 valence electrons. The van der Waals surface area contributed by atoms with Crippen LogP contribution in [0.3, 0.4) is 0 Å². The molecule has 0 spiro atoms. The first kappa shape index (κ1) is 23.4. The van der Waals surface area contributed by atoms with Crippen LogP contribution in [-0.4, -0.2) is 24.8 Å². The van der Waals surface area contributed by atoms with Crippen molar-refractivity contribution in [1.82, 2.24) is 5.32 Å². The van der Waals surface area contributed by atoms with Crippen LogP contribution in [0.2, 0.25) is 0 Å². The average Bonchev–Trinajstić information content (AvgIpc) is 2.68. The number of ether oxygens (including phenoxy) is 1. The van der Waals surface area contributed by atoms with Gasteiger partial charge in [0.25, 0.3) is 0 Å². The van der Waals surface area contributed by atoms with E-state index in [1.807, 2.05) is 38.2 Å². The van der Waals surface area contributed by atoms with Gasteiger partial charge in [0.1, 0.15) is 5.75 Å². The Labute approximate surface area is 173 Å². The molecule has 0 amide bonds. The molecule has 0 aromatic heterocycles. The van der Waals surface area contributed by atoms with Crippen molar-refractivity contribution in [3.63, 3.8) is 0 Å². The Morgan fingerprint density at radius 2 is 1.67 bits per heavy atom. The molecule has 2 aromatic rings. The second kappa shape index (κ2) is 9.75. The van der Waals surface area contributed by atoms with Crippen LogP contribution in [0, 0.1) is 0 Å². The number of nitrogens with two attached hydrogens (primary N) is 1. The number of alkyl halides is 4. The molecule has 0 atom stereocenters. The zero-order chi connectivity index (χ0) is 22.4. The molecule has 0 aliphatic carbocycles. The highest BCUT2D eigenvalue weighted by atomic mass is 19.3. The second-order valence-corrected chi connectivity index (χ2v) is 6.78. The van der Waals surface area contributed by atoms with E-state index in [4.69, 9.17) is 5.73 Å². The highest BCUT2D eigenvalue weighted by Crippen LogP contribution is 2.36. The molecule has 8 heteroatoms. The number of aliphatic imine (C=N–C) groups is 1. The minimum absolute atomic E-state index is 0.101. The maximum Gasteiger partial charge on any atom is 0.463 e. The van der Waals surface area contributed by atoms with Gasteiger partial charge in [0.15, 0.2) is 0 Å². The molecule has 0 bridgehead atoms. The van der Waals surface area contributed by atoms with Crippen LogP contribution in [0.15, 0.2) is 59.6 Å². The zero-order valence-electron chi connectivity index (χ0n) is 17.1. The van der Waals surface area contributed by atoms with Crippen molar-refractivity contribution in [3.8, 4) is 5.75 Å². The first-order chi connectivity index (χ1) is 14.1. The third kappa shape index (κ3) is 6.32. The van der Waals surface area contributed by atoms with Gasteiger partial charge in [-0.2, -0.15) is 17.6 Å². The number of hydrogen-bond acceptors (Lipinski definition) is 4. The second-order valence-electron chi connectivity index (χ2n) is 6.78. The number of allylic oxidation sites excluding steroid dienone is 1. The Hall–Kier alpha value is -2.87. The minimum atomic E-state index is -4.60. The molecular weight excluding hydrogens is 398 g/mol. The van der Waals surface area contributed by atoms with Gasteiger partial charge in [-0.15, -0.1) is 0 Å². The zero-order valence-corrected chi connectivity index (χ0v) is 17.1. The van der Waals surface area contributed by atoms with E-state index in [0.29, 0.717) is 23.5 Å². The van der Waals surface area contributed by atoms with Gasteiger partial charge in [-0.25, -0.2) is 0 Å². The molecule has 3 N–H and O–H groups in total. The predicted molar refractivity (Wildman–Crippen MR) is 111 cm³/mol. The van der Waals surface area contributed by atoms with Crippen LogP contribution in [0.4, 0.5) is 23.2 Å². The summed E-state index contributed by atoms with van der Waals surface area (Å²) in [6.07, 6.45) is -2.29. The van der Waals surface area contributed by atoms with Gasteiger partial charge < -0.3 is 15.8 Å². The topological polar surface area (TPSA) is 59.6 Å². The lowest BCUT2D eigenvalue weighted by molar-refractivity contribution is -0.301. The van der Waals surface area contributed by atoms with E-state index in [-0.39, 0.29) is 12.7 Å². The number of rotatable bonds is 9. The quantitative estimate of drug-likeness (QED) is 0.413. The number of halogens is 4. The lowest BCUT2D eigenvalue weighted by Crippen LogP contribution is -2.42. The molecule has 4 nitrogen and oxygen atoms in total. The molecule has 0 saturated carbocycles. The van der Waals surface area contributed by atoms with E-state index in [1.54, 1.807) is 6.08 Å². The smallest absolute Gasteiger partial charge is 0.428 e. The van der Waals surface area contributed by atoms with Crippen molar-refractivity contribution in [1.29, 1.82) is 0 Å². The van der Waals surface area contributed by atoms with Gasteiger partial charge in [-0.1, -0.05) is 31.2 Å². The molecule has 30 heavy (non-hydrogen) atoms. The highest BCUT2D eigenvalue weighted by Gasteiger charge is 2.55.